The number of alkyl carbamates (subject to hydrolysis) is 1. The number of pyridine rings is 1. The van der Waals surface area contributed by atoms with E-state index < -0.39 is 11.7 Å². The molecule has 1 aromatic rings. The number of urea groups is 1. The van der Waals surface area contributed by atoms with E-state index in [1.165, 1.54) is 0 Å². The minimum Gasteiger partial charge on any atom is -0.444 e. The summed E-state index contributed by atoms with van der Waals surface area (Å²) in [6, 6.07) is 3.69. The van der Waals surface area contributed by atoms with Crippen LogP contribution in [-0.2, 0) is 11.3 Å². The van der Waals surface area contributed by atoms with E-state index in [1.54, 1.807) is 12.4 Å². The largest absolute Gasteiger partial charge is 0.444 e. The molecule has 1 atom stereocenters. The number of nitrogens with one attached hydrogen (secondary N) is 2. The van der Waals surface area contributed by atoms with Crippen LogP contribution in [0, 0.1) is 5.92 Å². The summed E-state index contributed by atoms with van der Waals surface area (Å²) in [5, 5.41) is 5.73. The van der Waals surface area contributed by atoms with Gasteiger partial charge in [-0.2, -0.15) is 0 Å². The van der Waals surface area contributed by atoms with Crippen LogP contribution in [0.5, 0.6) is 0 Å². The summed E-state index contributed by atoms with van der Waals surface area (Å²) in [4.78, 5) is 29.8. The van der Waals surface area contributed by atoms with Crippen LogP contribution < -0.4 is 10.6 Å². The maximum Gasteiger partial charge on any atom is 0.407 e. The van der Waals surface area contributed by atoms with Crippen molar-refractivity contribution in [1.82, 2.24) is 20.5 Å². The van der Waals surface area contributed by atoms with Crippen LogP contribution in [0.4, 0.5) is 9.59 Å². The Balaban J connectivity index is 1.74. The first-order chi connectivity index (χ1) is 11.8. The monoisotopic (exact) mass is 348 g/mol. The smallest absolute Gasteiger partial charge is 0.407 e. The molecule has 0 aromatic carbocycles. The second-order valence-electron chi connectivity index (χ2n) is 7.35. The number of ether oxygens (including phenoxy) is 1. The molecule has 2 heterocycles. The van der Waals surface area contributed by atoms with Crippen molar-refractivity contribution in [2.24, 2.45) is 5.92 Å². The van der Waals surface area contributed by atoms with Crippen LogP contribution in [0.15, 0.2) is 24.5 Å². The molecule has 7 nitrogen and oxygen atoms in total. The lowest BCUT2D eigenvalue weighted by Gasteiger charge is -2.33. The van der Waals surface area contributed by atoms with E-state index in [4.69, 9.17) is 4.74 Å². The molecule has 1 fully saturated rings. The van der Waals surface area contributed by atoms with Crippen LogP contribution in [0.2, 0.25) is 0 Å². The van der Waals surface area contributed by atoms with Crippen LogP contribution >= 0.6 is 0 Å². The number of amides is 3. The third-order valence-electron chi connectivity index (χ3n) is 3.93. The zero-order valence-corrected chi connectivity index (χ0v) is 15.2. The Morgan fingerprint density at radius 2 is 2.00 bits per heavy atom. The minimum absolute atomic E-state index is 0.0706. The number of nitrogens with zero attached hydrogens (tertiary/aromatic N) is 2. The van der Waals surface area contributed by atoms with Gasteiger partial charge in [-0.15, -0.1) is 0 Å². The normalized spacial score (nSPS) is 17.7. The van der Waals surface area contributed by atoms with Gasteiger partial charge in [0.15, 0.2) is 0 Å². The summed E-state index contributed by atoms with van der Waals surface area (Å²) < 4.78 is 5.24. The van der Waals surface area contributed by atoms with Crippen molar-refractivity contribution in [3.05, 3.63) is 30.1 Å². The van der Waals surface area contributed by atoms with Crippen molar-refractivity contribution in [2.45, 2.75) is 45.8 Å². The van der Waals surface area contributed by atoms with Gasteiger partial charge in [-0.25, -0.2) is 9.59 Å². The molecule has 1 aromatic heterocycles. The molecule has 1 saturated heterocycles. The number of likely N-dealkylation sites (tertiary alicyclic amines) is 1. The minimum atomic E-state index is -0.504. The first kappa shape index (κ1) is 19.0. The van der Waals surface area contributed by atoms with Crippen molar-refractivity contribution in [3.63, 3.8) is 0 Å². The Morgan fingerprint density at radius 3 is 2.68 bits per heavy atom. The van der Waals surface area contributed by atoms with Gasteiger partial charge in [0.05, 0.1) is 0 Å². The summed E-state index contributed by atoms with van der Waals surface area (Å²) >= 11 is 0. The molecular weight excluding hydrogens is 320 g/mol. The average Bonchev–Trinajstić information content (AvgIpc) is 2.57. The topological polar surface area (TPSA) is 83.6 Å². The summed E-state index contributed by atoms with van der Waals surface area (Å²) in [5.74, 6) is 0.243. The molecular formula is C18H28N4O3. The van der Waals surface area contributed by atoms with Crippen LogP contribution in [0.3, 0.4) is 0 Å². The second kappa shape index (κ2) is 8.69. The lowest BCUT2D eigenvalue weighted by Crippen LogP contribution is -2.47. The Kier molecular flexibility index (Phi) is 6.61. The molecule has 2 rings (SSSR count). The third kappa shape index (κ3) is 6.99. The molecule has 0 saturated carbocycles. The summed E-state index contributed by atoms with van der Waals surface area (Å²) in [6.07, 6.45) is 4.93. The number of hydrogen-bond donors (Lipinski definition) is 2. The Morgan fingerprint density at radius 1 is 1.28 bits per heavy atom. The van der Waals surface area contributed by atoms with Gasteiger partial charge in [0, 0.05) is 38.6 Å². The fourth-order valence-corrected chi connectivity index (χ4v) is 2.75. The van der Waals surface area contributed by atoms with E-state index in [9.17, 15) is 9.59 Å². The van der Waals surface area contributed by atoms with E-state index in [0.717, 1.165) is 24.9 Å². The van der Waals surface area contributed by atoms with E-state index >= 15 is 0 Å². The lowest BCUT2D eigenvalue weighted by molar-refractivity contribution is 0.0511. The van der Waals surface area contributed by atoms with Crippen LogP contribution in [0.25, 0.3) is 0 Å². The SMILES string of the molecule is CC(C)(C)OC(=O)NC[C@@H]1CCCN(C(=O)NCc2ccncc2)C1. The predicted molar refractivity (Wildman–Crippen MR) is 95.0 cm³/mol. The number of piperidine rings is 1. The zero-order chi connectivity index (χ0) is 18.3. The van der Waals surface area contributed by atoms with Crippen molar-refractivity contribution >= 4 is 12.1 Å². The molecule has 7 heteroatoms. The van der Waals surface area contributed by atoms with Crippen molar-refractivity contribution in [2.75, 3.05) is 19.6 Å². The molecule has 0 radical (unpaired) electrons. The Bertz CT molecular complexity index is 571. The van der Waals surface area contributed by atoms with Gasteiger partial charge in [-0.1, -0.05) is 0 Å². The number of rotatable bonds is 4. The van der Waals surface area contributed by atoms with Crippen molar-refractivity contribution in [1.29, 1.82) is 0 Å². The lowest BCUT2D eigenvalue weighted by atomic mass is 9.98. The molecule has 0 spiro atoms. The van der Waals surface area contributed by atoms with E-state index in [-0.39, 0.29) is 11.9 Å². The summed E-state index contributed by atoms with van der Waals surface area (Å²) in [6.45, 7) is 7.89. The van der Waals surface area contributed by atoms with Gasteiger partial charge in [-0.3, -0.25) is 4.98 Å². The van der Waals surface area contributed by atoms with Crippen molar-refractivity contribution < 1.29 is 14.3 Å². The molecule has 1 aliphatic heterocycles. The van der Waals surface area contributed by atoms with Gasteiger partial charge in [0.2, 0.25) is 0 Å². The molecule has 0 bridgehead atoms. The number of aromatic nitrogens is 1. The van der Waals surface area contributed by atoms with Gasteiger partial charge in [0.1, 0.15) is 5.60 Å². The molecule has 25 heavy (non-hydrogen) atoms. The van der Waals surface area contributed by atoms with Crippen LogP contribution in [-0.4, -0.2) is 47.2 Å². The van der Waals surface area contributed by atoms with E-state index in [1.807, 2.05) is 37.8 Å². The predicted octanol–water partition coefficient (Wildman–Crippen LogP) is 2.53. The number of carbonyl (C=O) groups excluding carboxylic acids is 2. The number of carbonyl (C=O) groups is 2. The Hall–Kier alpha value is -2.31. The number of hydrogen-bond acceptors (Lipinski definition) is 4. The highest BCUT2D eigenvalue weighted by atomic mass is 16.6. The first-order valence-electron chi connectivity index (χ1n) is 8.72. The van der Waals surface area contributed by atoms with Crippen molar-refractivity contribution in [3.8, 4) is 0 Å². The van der Waals surface area contributed by atoms with Gasteiger partial charge in [0.25, 0.3) is 0 Å². The summed E-state index contributed by atoms with van der Waals surface area (Å²) in [5.41, 5.74) is 0.513. The maximum absolute atomic E-state index is 12.3. The average molecular weight is 348 g/mol. The standard InChI is InChI=1S/C18H28N4O3/c1-18(2,3)25-17(24)21-12-15-5-4-10-22(13-15)16(23)20-11-14-6-8-19-9-7-14/h6-9,15H,4-5,10-13H2,1-3H3,(H,20,23)(H,21,24)/t15-/m0/s1. The van der Waals surface area contributed by atoms with Gasteiger partial charge in [-0.05, 0) is 57.2 Å². The molecule has 3 amide bonds. The van der Waals surface area contributed by atoms with E-state index in [0.29, 0.717) is 19.6 Å². The molecule has 138 valence electrons. The third-order valence-corrected chi connectivity index (χ3v) is 3.93. The highest BCUT2D eigenvalue weighted by molar-refractivity contribution is 5.74. The zero-order valence-electron chi connectivity index (χ0n) is 15.2. The van der Waals surface area contributed by atoms with Gasteiger partial charge < -0.3 is 20.3 Å². The molecule has 0 unspecified atom stereocenters. The second-order valence-corrected chi connectivity index (χ2v) is 7.35. The fourth-order valence-electron chi connectivity index (χ4n) is 2.75. The molecule has 1 aliphatic rings. The van der Waals surface area contributed by atoms with Gasteiger partial charge >= 0.3 is 12.1 Å². The van der Waals surface area contributed by atoms with E-state index in [2.05, 4.69) is 15.6 Å². The first-order valence-corrected chi connectivity index (χ1v) is 8.72. The molecule has 0 aliphatic carbocycles. The maximum atomic E-state index is 12.3. The van der Waals surface area contributed by atoms with Crippen LogP contribution in [0.1, 0.15) is 39.2 Å². The highest BCUT2D eigenvalue weighted by Crippen LogP contribution is 2.16. The highest BCUT2D eigenvalue weighted by Gasteiger charge is 2.24. The Labute approximate surface area is 149 Å². The fraction of sp³-hybridized carbons (Fsp3) is 0.611. The molecule has 2 N–H and O–H groups in total. The summed E-state index contributed by atoms with van der Waals surface area (Å²) in [7, 11) is 0. The quantitative estimate of drug-likeness (QED) is 0.876.